The quantitative estimate of drug-likeness (QED) is 0.192. The lowest BCUT2D eigenvalue weighted by Gasteiger charge is -2.14. The van der Waals surface area contributed by atoms with Crippen LogP contribution in [0.5, 0.6) is 0 Å². The van der Waals surface area contributed by atoms with Gasteiger partial charge in [0.25, 0.3) is 0 Å². The predicted molar refractivity (Wildman–Crippen MR) is 187 cm³/mol. The normalized spacial score (nSPS) is 11.6. The number of pyridine rings is 2. The largest absolute Gasteiger partial charge is 0.309 e. The molecule has 0 fully saturated rings. The van der Waals surface area contributed by atoms with Gasteiger partial charge >= 0.3 is 0 Å². The second kappa shape index (κ2) is 10.3. The smallest absolute Gasteiger partial charge is 0.0703 e. The highest BCUT2D eigenvalue weighted by Crippen LogP contribution is 2.40. The lowest BCUT2D eigenvalue weighted by molar-refractivity contribution is 1.18. The monoisotopic (exact) mass is 573 g/mol. The second-order valence-corrected chi connectivity index (χ2v) is 11.5. The van der Waals surface area contributed by atoms with Crippen LogP contribution in [-0.4, -0.2) is 14.5 Å². The molecule has 0 bridgehead atoms. The molecule has 0 atom stereocenters. The molecule has 3 heteroatoms. The maximum Gasteiger partial charge on any atom is 0.0703 e. The average molecular weight is 574 g/mol. The van der Waals surface area contributed by atoms with E-state index in [1.807, 2.05) is 24.5 Å². The zero-order valence-corrected chi connectivity index (χ0v) is 24.4. The number of benzene rings is 6. The predicted octanol–water partition coefficient (Wildman–Crippen LogP) is 10.8. The van der Waals surface area contributed by atoms with Crippen LogP contribution in [0.15, 0.2) is 164 Å². The van der Waals surface area contributed by atoms with E-state index in [1.165, 1.54) is 32.6 Å². The highest BCUT2D eigenvalue weighted by molar-refractivity contribution is 6.24. The molecule has 45 heavy (non-hydrogen) atoms. The van der Waals surface area contributed by atoms with Crippen molar-refractivity contribution in [3.8, 4) is 50.5 Å². The highest BCUT2D eigenvalue weighted by Gasteiger charge is 2.18. The summed E-state index contributed by atoms with van der Waals surface area (Å²) in [5.41, 5.74) is 11.9. The van der Waals surface area contributed by atoms with Crippen LogP contribution in [-0.2, 0) is 0 Å². The molecule has 3 aromatic heterocycles. The van der Waals surface area contributed by atoms with Crippen molar-refractivity contribution in [1.29, 1.82) is 0 Å². The van der Waals surface area contributed by atoms with Crippen LogP contribution in [0.25, 0.3) is 83.0 Å². The topological polar surface area (TPSA) is 30.7 Å². The van der Waals surface area contributed by atoms with E-state index in [1.54, 1.807) is 0 Å². The SMILES string of the molecule is c1ccc(-c2ccc(-c3cc(-c4ccc(-c5ccccc5)cn4)cc(-n4c5cccc6ccc7cccc4c7c65)c3)nc2)cc1. The van der Waals surface area contributed by atoms with Gasteiger partial charge in [0.1, 0.15) is 0 Å². The van der Waals surface area contributed by atoms with Crippen molar-refractivity contribution in [2.45, 2.75) is 0 Å². The summed E-state index contributed by atoms with van der Waals surface area (Å²) in [5.74, 6) is 0. The van der Waals surface area contributed by atoms with Crippen molar-refractivity contribution in [2.24, 2.45) is 0 Å². The molecule has 0 aliphatic rings. The molecule has 0 aliphatic heterocycles. The van der Waals surface area contributed by atoms with E-state index < -0.39 is 0 Å². The van der Waals surface area contributed by atoms with Crippen molar-refractivity contribution in [3.63, 3.8) is 0 Å². The highest BCUT2D eigenvalue weighted by atomic mass is 15.0. The number of rotatable bonds is 5. The van der Waals surface area contributed by atoms with E-state index in [0.717, 1.165) is 50.5 Å². The van der Waals surface area contributed by atoms with Crippen LogP contribution < -0.4 is 0 Å². The van der Waals surface area contributed by atoms with E-state index in [4.69, 9.17) is 9.97 Å². The summed E-state index contributed by atoms with van der Waals surface area (Å²) in [6.07, 6.45) is 3.94. The Morgan fingerprint density at radius 3 is 1.29 bits per heavy atom. The Morgan fingerprint density at radius 1 is 0.356 bits per heavy atom. The van der Waals surface area contributed by atoms with Gasteiger partial charge < -0.3 is 4.57 Å². The Labute approximate surface area is 261 Å². The number of aromatic nitrogens is 3. The van der Waals surface area contributed by atoms with Gasteiger partial charge in [-0.15, -0.1) is 0 Å². The fourth-order valence-electron chi connectivity index (χ4n) is 6.67. The van der Waals surface area contributed by atoms with Gasteiger partial charge in [-0.3, -0.25) is 9.97 Å². The molecule has 0 N–H and O–H groups in total. The summed E-state index contributed by atoms with van der Waals surface area (Å²) in [6, 6.07) is 53.7. The first-order chi connectivity index (χ1) is 22.3. The van der Waals surface area contributed by atoms with E-state index in [-0.39, 0.29) is 0 Å². The number of hydrogen-bond acceptors (Lipinski definition) is 2. The van der Waals surface area contributed by atoms with Gasteiger partial charge in [-0.1, -0.05) is 109 Å². The Kier molecular flexibility index (Phi) is 5.82. The van der Waals surface area contributed by atoms with Crippen molar-refractivity contribution in [2.75, 3.05) is 0 Å². The summed E-state index contributed by atoms with van der Waals surface area (Å²) < 4.78 is 2.40. The second-order valence-electron chi connectivity index (χ2n) is 11.5. The first kappa shape index (κ1) is 25.4. The van der Waals surface area contributed by atoms with Gasteiger partial charge in [-0.05, 0) is 64.4 Å². The van der Waals surface area contributed by atoms with Crippen molar-refractivity contribution in [1.82, 2.24) is 14.5 Å². The van der Waals surface area contributed by atoms with E-state index in [2.05, 4.69) is 144 Å². The van der Waals surface area contributed by atoms with Crippen molar-refractivity contribution in [3.05, 3.63) is 164 Å². The van der Waals surface area contributed by atoms with Crippen LogP contribution in [0.2, 0.25) is 0 Å². The molecule has 0 spiro atoms. The van der Waals surface area contributed by atoms with E-state index in [9.17, 15) is 0 Å². The molecule has 3 nitrogen and oxygen atoms in total. The molecule has 0 aliphatic carbocycles. The Morgan fingerprint density at radius 2 is 0.844 bits per heavy atom. The fraction of sp³-hybridized carbons (Fsp3) is 0. The minimum atomic E-state index is 0.923. The first-order valence-electron chi connectivity index (χ1n) is 15.2. The van der Waals surface area contributed by atoms with Gasteiger partial charge in [0.15, 0.2) is 0 Å². The van der Waals surface area contributed by atoms with Crippen LogP contribution in [0.3, 0.4) is 0 Å². The van der Waals surface area contributed by atoms with Gasteiger partial charge in [0.05, 0.1) is 22.4 Å². The third kappa shape index (κ3) is 4.29. The molecule has 0 saturated heterocycles. The number of hydrogen-bond donors (Lipinski definition) is 0. The van der Waals surface area contributed by atoms with E-state index in [0.29, 0.717) is 0 Å². The Balaban J connectivity index is 1.25. The van der Waals surface area contributed by atoms with Gasteiger partial charge in [-0.2, -0.15) is 0 Å². The molecule has 9 rings (SSSR count). The van der Waals surface area contributed by atoms with Crippen LogP contribution >= 0.6 is 0 Å². The maximum atomic E-state index is 4.96. The summed E-state index contributed by atoms with van der Waals surface area (Å²) in [7, 11) is 0. The number of nitrogens with zero attached hydrogens (tertiary/aromatic N) is 3. The molecule has 6 aromatic carbocycles. The van der Waals surface area contributed by atoms with Crippen LogP contribution in [0, 0.1) is 0 Å². The standard InChI is InChI=1S/C42H27N3/c1-3-9-28(10-4-1)32-19-21-37(43-26-32)34-23-35(38-22-20-33(27-44-38)29-11-5-2-6-12-29)25-36(24-34)45-39-15-7-13-30-17-18-31-14-8-16-40(45)42(31)41(30)39/h1-27H. The molecule has 210 valence electrons. The average Bonchev–Trinajstić information content (AvgIpc) is 3.47. The van der Waals surface area contributed by atoms with Crippen LogP contribution in [0.4, 0.5) is 0 Å². The first-order valence-corrected chi connectivity index (χ1v) is 15.2. The summed E-state index contributed by atoms with van der Waals surface area (Å²) in [4.78, 5) is 9.92. The third-order valence-corrected chi connectivity index (χ3v) is 8.83. The zero-order valence-electron chi connectivity index (χ0n) is 24.4. The molecule has 0 radical (unpaired) electrons. The van der Waals surface area contributed by atoms with E-state index >= 15 is 0 Å². The van der Waals surface area contributed by atoms with Gasteiger partial charge in [0.2, 0.25) is 0 Å². The fourth-order valence-corrected chi connectivity index (χ4v) is 6.67. The minimum absolute atomic E-state index is 0.923. The lowest BCUT2D eigenvalue weighted by Crippen LogP contribution is -1.97. The molecular formula is C42H27N3. The molecular weight excluding hydrogens is 546 g/mol. The van der Waals surface area contributed by atoms with Gasteiger partial charge in [-0.25, -0.2) is 0 Å². The molecule has 0 amide bonds. The molecule has 9 aromatic rings. The third-order valence-electron chi connectivity index (χ3n) is 8.83. The molecule has 3 heterocycles. The maximum absolute atomic E-state index is 4.96. The Bertz CT molecular complexity index is 2270. The lowest BCUT2D eigenvalue weighted by atomic mass is 10.0. The summed E-state index contributed by atoms with van der Waals surface area (Å²) in [5, 5.41) is 5.10. The van der Waals surface area contributed by atoms with Crippen LogP contribution in [0.1, 0.15) is 0 Å². The molecule has 0 unspecified atom stereocenters. The molecule has 0 saturated carbocycles. The van der Waals surface area contributed by atoms with Crippen molar-refractivity contribution >= 4 is 32.6 Å². The minimum Gasteiger partial charge on any atom is -0.309 e. The van der Waals surface area contributed by atoms with Crippen molar-refractivity contribution < 1.29 is 0 Å². The summed E-state index contributed by atoms with van der Waals surface area (Å²) >= 11 is 0. The summed E-state index contributed by atoms with van der Waals surface area (Å²) in [6.45, 7) is 0. The Hall–Kier alpha value is -6.06. The zero-order chi connectivity index (χ0) is 29.7. The van der Waals surface area contributed by atoms with Gasteiger partial charge in [0, 0.05) is 51.1 Å².